The molecule has 0 aliphatic rings. The zero-order chi connectivity index (χ0) is 23.9. The Bertz CT molecular complexity index is 955. The van der Waals surface area contributed by atoms with Crippen molar-refractivity contribution in [1.82, 2.24) is 9.88 Å². The maximum atomic E-state index is 12.8. The van der Waals surface area contributed by atoms with Crippen molar-refractivity contribution in [3.8, 4) is 0 Å². The second kappa shape index (κ2) is 12.0. The normalized spacial score (nSPS) is 14.1. The maximum Gasteiger partial charge on any atom is 0.253 e. The van der Waals surface area contributed by atoms with Crippen LogP contribution in [0.5, 0.6) is 0 Å². The Morgan fingerprint density at radius 1 is 1.12 bits per heavy atom. The van der Waals surface area contributed by atoms with E-state index >= 15 is 0 Å². The largest absolute Gasteiger partial charge is 0.502 e. The van der Waals surface area contributed by atoms with Crippen LogP contribution in [-0.2, 0) is 5.41 Å². The van der Waals surface area contributed by atoms with Gasteiger partial charge in [0, 0.05) is 24.6 Å². The molecule has 0 spiro atoms. The molecule has 32 heavy (non-hydrogen) atoms. The van der Waals surface area contributed by atoms with E-state index in [0.29, 0.717) is 42.0 Å². The lowest BCUT2D eigenvalue weighted by molar-refractivity contribution is 0.0773. The lowest BCUT2D eigenvalue weighted by atomic mass is 9.70. The fraction of sp³-hybridized carbons (Fsp3) is 0.583. The molecule has 0 aliphatic heterocycles. The minimum absolute atomic E-state index is 0.0290. The Labute approximate surface area is 205 Å². The Morgan fingerprint density at radius 2 is 1.78 bits per heavy atom. The topological polar surface area (TPSA) is 73.7 Å². The number of aliphatic hydroxyl groups is 2. The molecule has 2 aromatic rings. The van der Waals surface area contributed by atoms with Gasteiger partial charge in [0.1, 0.15) is 10.4 Å². The van der Waals surface area contributed by atoms with Crippen molar-refractivity contribution < 1.29 is 15.0 Å². The monoisotopic (exact) mass is 494 g/mol. The van der Waals surface area contributed by atoms with Crippen LogP contribution in [0, 0.1) is 5.92 Å². The zero-order valence-electron chi connectivity index (χ0n) is 19.4. The van der Waals surface area contributed by atoms with Crippen LogP contribution in [0.1, 0.15) is 81.6 Å². The average Bonchev–Trinajstić information content (AvgIpc) is 3.19. The predicted octanol–water partition coefficient (Wildman–Crippen LogP) is 6.78. The van der Waals surface area contributed by atoms with Crippen LogP contribution in [-0.4, -0.2) is 49.2 Å². The van der Waals surface area contributed by atoms with E-state index in [-0.39, 0.29) is 16.0 Å². The van der Waals surface area contributed by atoms with Gasteiger partial charge in [0.25, 0.3) is 5.91 Å². The highest BCUT2D eigenvalue weighted by molar-refractivity contribution is 7.80. The van der Waals surface area contributed by atoms with Crippen LogP contribution < -0.4 is 0 Å². The summed E-state index contributed by atoms with van der Waals surface area (Å²) in [5, 5.41) is 21.6. The molecule has 1 heterocycles. The first-order valence-corrected chi connectivity index (χ1v) is 13.1. The van der Waals surface area contributed by atoms with Gasteiger partial charge in [0.2, 0.25) is 0 Å². The third-order valence-electron chi connectivity index (χ3n) is 6.11. The van der Waals surface area contributed by atoms with Gasteiger partial charge >= 0.3 is 0 Å². The number of fused-ring (bicyclic) bond motifs is 1. The van der Waals surface area contributed by atoms with E-state index in [9.17, 15) is 15.0 Å². The number of amides is 1. The number of aromatic nitrogens is 1. The lowest BCUT2D eigenvalue weighted by Crippen LogP contribution is -2.45. The minimum Gasteiger partial charge on any atom is -0.502 e. The molecule has 2 rings (SSSR count). The molecule has 5 nitrogen and oxygen atoms in total. The number of hydrogen-bond acceptors (Lipinski definition) is 5. The number of carbonyl (C=O) groups is 1. The molecule has 1 amide bonds. The third-order valence-corrected chi connectivity index (χ3v) is 7.98. The second-order valence-electron chi connectivity index (χ2n) is 8.09. The fourth-order valence-electron chi connectivity index (χ4n) is 4.17. The van der Waals surface area contributed by atoms with Crippen molar-refractivity contribution in [2.45, 2.75) is 71.6 Å². The lowest BCUT2D eigenvalue weighted by Gasteiger charge is -2.36. The Hall–Kier alpha value is -1.64. The Kier molecular flexibility index (Phi) is 9.98. The number of rotatable bonds is 13. The SMILES string of the molecule is CCCCC(C(O)=S)C(CCCC)(C(O)=S)c1nc2cc(C(=O)N(CC)CC)ccc2s1. The highest BCUT2D eigenvalue weighted by Gasteiger charge is 2.48. The number of aliphatic hydroxyl groups excluding tert-OH is 2. The molecule has 8 heteroatoms. The summed E-state index contributed by atoms with van der Waals surface area (Å²) >= 11 is 12.1. The molecule has 0 saturated carbocycles. The molecule has 2 N–H and O–H groups in total. The maximum absolute atomic E-state index is 12.8. The van der Waals surface area contributed by atoms with E-state index in [1.54, 1.807) is 11.0 Å². The van der Waals surface area contributed by atoms with Gasteiger partial charge in [0.05, 0.1) is 10.2 Å². The molecule has 0 saturated heterocycles. The van der Waals surface area contributed by atoms with Crippen molar-refractivity contribution >= 4 is 62.0 Å². The van der Waals surface area contributed by atoms with E-state index in [0.717, 1.165) is 30.4 Å². The molecule has 0 bridgehead atoms. The molecule has 176 valence electrons. The van der Waals surface area contributed by atoms with Gasteiger partial charge in [-0.3, -0.25) is 4.79 Å². The van der Waals surface area contributed by atoms with E-state index in [1.807, 2.05) is 26.0 Å². The van der Waals surface area contributed by atoms with Gasteiger partial charge in [-0.15, -0.1) is 11.3 Å². The average molecular weight is 495 g/mol. The van der Waals surface area contributed by atoms with Gasteiger partial charge in [-0.05, 0) is 69.3 Å². The van der Waals surface area contributed by atoms with Crippen molar-refractivity contribution in [1.29, 1.82) is 0 Å². The first-order chi connectivity index (χ1) is 15.3. The van der Waals surface area contributed by atoms with Crippen molar-refractivity contribution in [3.63, 3.8) is 0 Å². The summed E-state index contributed by atoms with van der Waals surface area (Å²) in [5.41, 5.74) is 0.265. The number of nitrogens with zero attached hydrogens (tertiary/aromatic N) is 2. The summed E-state index contributed by atoms with van der Waals surface area (Å²) in [6.07, 6.45) is 4.70. The highest BCUT2D eigenvalue weighted by atomic mass is 32.1. The minimum atomic E-state index is -1.01. The number of thiazole rings is 1. The summed E-state index contributed by atoms with van der Waals surface area (Å²) in [5.74, 6) is -0.516. The van der Waals surface area contributed by atoms with Gasteiger partial charge in [-0.1, -0.05) is 39.5 Å². The molecule has 0 aliphatic carbocycles. The number of benzene rings is 1. The Balaban J connectivity index is 2.64. The van der Waals surface area contributed by atoms with Crippen molar-refractivity contribution in [3.05, 3.63) is 28.8 Å². The quantitative estimate of drug-likeness (QED) is 0.299. The predicted molar refractivity (Wildman–Crippen MR) is 142 cm³/mol. The number of unbranched alkanes of at least 4 members (excludes halogenated alkanes) is 2. The van der Waals surface area contributed by atoms with Gasteiger partial charge in [-0.2, -0.15) is 0 Å². The smallest absolute Gasteiger partial charge is 0.253 e. The van der Waals surface area contributed by atoms with Crippen LogP contribution in [0.3, 0.4) is 0 Å². The first kappa shape index (κ1) is 26.6. The van der Waals surface area contributed by atoms with Crippen LogP contribution in [0.2, 0.25) is 0 Å². The summed E-state index contributed by atoms with van der Waals surface area (Å²) in [6, 6.07) is 5.52. The van der Waals surface area contributed by atoms with Crippen LogP contribution >= 0.6 is 35.8 Å². The fourth-order valence-corrected chi connectivity index (χ4v) is 6.11. The van der Waals surface area contributed by atoms with Crippen LogP contribution in [0.25, 0.3) is 10.2 Å². The molecule has 1 aromatic heterocycles. The number of hydrogen-bond donors (Lipinski definition) is 2. The van der Waals surface area contributed by atoms with E-state index < -0.39 is 11.3 Å². The molecular weight excluding hydrogens is 460 g/mol. The second-order valence-corrected chi connectivity index (χ2v) is 9.93. The summed E-state index contributed by atoms with van der Waals surface area (Å²) in [4.78, 5) is 19.4. The highest BCUT2D eigenvalue weighted by Crippen LogP contribution is 2.45. The van der Waals surface area contributed by atoms with Gasteiger partial charge in [0.15, 0.2) is 10.1 Å². The van der Waals surface area contributed by atoms with Crippen LogP contribution in [0.15, 0.2) is 18.2 Å². The number of thiocarbonyl (C=S) groups is 2. The summed E-state index contributed by atoms with van der Waals surface area (Å²) < 4.78 is 0.909. The van der Waals surface area contributed by atoms with Crippen molar-refractivity contribution in [2.75, 3.05) is 13.1 Å². The molecular formula is C24H34N2O3S3. The summed E-state index contributed by atoms with van der Waals surface area (Å²) in [7, 11) is 0. The molecule has 0 radical (unpaired) electrons. The van der Waals surface area contributed by atoms with Crippen LogP contribution in [0.4, 0.5) is 0 Å². The van der Waals surface area contributed by atoms with E-state index in [2.05, 4.69) is 13.8 Å². The zero-order valence-corrected chi connectivity index (χ0v) is 21.8. The molecule has 1 aromatic carbocycles. The van der Waals surface area contributed by atoms with Gasteiger partial charge in [-0.25, -0.2) is 4.98 Å². The van der Waals surface area contributed by atoms with Gasteiger partial charge < -0.3 is 15.1 Å². The standard InChI is InChI=1S/C24H34N2O3S3/c1-5-9-11-17(21(28)30)24(23(29)31,14-10-6-2)22-25-18-15-16(12-13-19(18)32-22)20(27)26(7-3)8-4/h12-13,15,17H,5-11,14H2,1-4H3,(H,28,30)(H,29,31). The molecule has 0 fully saturated rings. The third kappa shape index (κ3) is 5.46. The Morgan fingerprint density at radius 3 is 2.31 bits per heavy atom. The summed E-state index contributed by atoms with van der Waals surface area (Å²) in [6.45, 7) is 9.35. The molecule has 2 atom stereocenters. The van der Waals surface area contributed by atoms with E-state index in [1.165, 1.54) is 11.3 Å². The molecule has 2 unspecified atom stereocenters. The van der Waals surface area contributed by atoms with Crippen molar-refractivity contribution in [2.24, 2.45) is 5.92 Å². The first-order valence-electron chi connectivity index (χ1n) is 11.4. The number of carbonyl (C=O) groups excluding carboxylic acids is 1. The van der Waals surface area contributed by atoms with E-state index in [4.69, 9.17) is 29.4 Å².